The van der Waals surface area contributed by atoms with E-state index in [0.29, 0.717) is 44.0 Å². The number of nitrogens with zero attached hydrogens (tertiary/aromatic N) is 1. The Morgan fingerprint density at radius 2 is 1.75 bits per heavy atom. The Balaban J connectivity index is 1.40. The molecule has 2 aromatic rings. The Labute approximate surface area is 188 Å². The van der Waals surface area contributed by atoms with Crippen LogP contribution in [0.15, 0.2) is 42.5 Å². The van der Waals surface area contributed by atoms with Crippen molar-refractivity contribution in [3.63, 3.8) is 0 Å². The third kappa shape index (κ3) is 6.70. The number of benzene rings is 2. The van der Waals surface area contributed by atoms with Gasteiger partial charge in [0.05, 0.1) is 20.1 Å². The largest absolute Gasteiger partial charge is 0.493 e. The lowest BCUT2D eigenvalue weighted by atomic mass is 10.0. The number of carbonyl (C=O) groups excluding carboxylic acids is 2. The van der Waals surface area contributed by atoms with Gasteiger partial charge in [-0.15, -0.1) is 0 Å². The first-order valence-corrected chi connectivity index (χ1v) is 11.1. The molecule has 1 heterocycles. The lowest BCUT2D eigenvalue weighted by molar-refractivity contribution is -0.131. The molecule has 1 N–H and O–H groups in total. The number of carbonyl (C=O) groups is 2. The molecule has 0 saturated carbocycles. The van der Waals surface area contributed by atoms with E-state index in [2.05, 4.69) is 5.32 Å². The summed E-state index contributed by atoms with van der Waals surface area (Å²) in [5, 5.41) is 3.09. The lowest BCUT2D eigenvalue weighted by Crippen LogP contribution is -2.47. The Morgan fingerprint density at radius 3 is 2.41 bits per heavy atom. The van der Waals surface area contributed by atoms with Crippen LogP contribution in [0.1, 0.15) is 37.3 Å². The summed E-state index contributed by atoms with van der Waals surface area (Å²) in [5.41, 5.74) is 1.82. The zero-order valence-corrected chi connectivity index (χ0v) is 18.7. The number of hydrogen-bond acceptors (Lipinski definition) is 4. The van der Waals surface area contributed by atoms with Crippen molar-refractivity contribution >= 4 is 11.8 Å². The van der Waals surface area contributed by atoms with Crippen LogP contribution in [-0.2, 0) is 22.4 Å². The minimum absolute atomic E-state index is 0.00828. The van der Waals surface area contributed by atoms with Gasteiger partial charge in [0, 0.05) is 25.6 Å². The van der Waals surface area contributed by atoms with Gasteiger partial charge in [0.25, 0.3) is 0 Å². The number of nitrogens with one attached hydrogen (secondary N) is 1. The van der Waals surface area contributed by atoms with Crippen LogP contribution in [0.25, 0.3) is 0 Å². The average Bonchev–Trinajstić information content (AvgIpc) is 2.80. The van der Waals surface area contributed by atoms with Crippen LogP contribution >= 0.6 is 0 Å². The minimum atomic E-state index is -0.306. The molecule has 0 spiro atoms. The highest BCUT2D eigenvalue weighted by Crippen LogP contribution is 2.28. The Kier molecular flexibility index (Phi) is 8.48. The first kappa shape index (κ1) is 23.6. The molecule has 0 atom stereocenters. The van der Waals surface area contributed by atoms with Crippen molar-refractivity contribution in [2.45, 2.75) is 45.1 Å². The zero-order chi connectivity index (χ0) is 22.9. The SMILES string of the molecule is CCOc1ccc(CCC(=O)NC2CCN(C(=O)Cc3ccc(F)cc3)CC2)cc1OC. The maximum absolute atomic E-state index is 13.0. The second kappa shape index (κ2) is 11.5. The van der Waals surface area contributed by atoms with Gasteiger partial charge in [-0.3, -0.25) is 9.59 Å². The minimum Gasteiger partial charge on any atom is -0.493 e. The van der Waals surface area contributed by atoms with Crippen LogP contribution in [0, 0.1) is 5.82 Å². The molecule has 7 heteroatoms. The van der Waals surface area contributed by atoms with E-state index in [4.69, 9.17) is 9.47 Å². The molecule has 1 fully saturated rings. The Hall–Kier alpha value is -3.09. The highest BCUT2D eigenvalue weighted by atomic mass is 19.1. The number of aryl methyl sites for hydroxylation is 1. The molecule has 32 heavy (non-hydrogen) atoms. The van der Waals surface area contributed by atoms with Gasteiger partial charge < -0.3 is 19.7 Å². The molecule has 3 rings (SSSR count). The molecule has 0 unspecified atom stereocenters. The molecule has 2 amide bonds. The van der Waals surface area contributed by atoms with E-state index in [9.17, 15) is 14.0 Å². The fourth-order valence-electron chi connectivity index (χ4n) is 3.86. The van der Waals surface area contributed by atoms with Crippen LogP contribution in [0.3, 0.4) is 0 Å². The quantitative estimate of drug-likeness (QED) is 0.645. The van der Waals surface area contributed by atoms with E-state index in [1.807, 2.05) is 30.0 Å². The summed E-state index contributed by atoms with van der Waals surface area (Å²) < 4.78 is 23.9. The van der Waals surface area contributed by atoms with Gasteiger partial charge >= 0.3 is 0 Å². The third-order valence-corrected chi connectivity index (χ3v) is 5.65. The maximum atomic E-state index is 13.0. The summed E-state index contributed by atoms with van der Waals surface area (Å²) in [6, 6.07) is 11.8. The van der Waals surface area contributed by atoms with E-state index < -0.39 is 0 Å². The van der Waals surface area contributed by atoms with Gasteiger partial charge in [-0.25, -0.2) is 4.39 Å². The normalized spacial score (nSPS) is 14.2. The summed E-state index contributed by atoms with van der Waals surface area (Å²) in [7, 11) is 1.60. The van der Waals surface area contributed by atoms with Gasteiger partial charge in [0.2, 0.25) is 11.8 Å². The van der Waals surface area contributed by atoms with Gasteiger partial charge in [-0.2, -0.15) is 0 Å². The van der Waals surface area contributed by atoms with E-state index in [1.165, 1.54) is 12.1 Å². The van der Waals surface area contributed by atoms with Gasteiger partial charge in [-0.1, -0.05) is 18.2 Å². The van der Waals surface area contributed by atoms with Crippen molar-refractivity contribution in [1.82, 2.24) is 10.2 Å². The molecule has 1 saturated heterocycles. The number of hydrogen-bond donors (Lipinski definition) is 1. The van der Waals surface area contributed by atoms with E-state index in [1.54, 1.807) is 19.2 Å². The smallest absolute Gasteiger partial charge is 0.226 e. The fourth-order valence-corrected chi connectivity index (χ4v) is 3.86. The van der Waals surface area contributed by atoms with Crippen molar-refractivity contribution < 1.29 is 23.5 Å². The number of piperidine rings is 1. The highest BCUT2D eigenvalue weighted by molar-refractivity contribution is 5.79. The number of halogens is 1. The first-order chi connectivity index (χ1) is 15.5. The van der Waals surface area contributed by atoms with Crippen molar-refractivity contribution in [3.8, 4) is 11.5 Å². The molecule has 172 valence electrons. The maximum Gasteiger partial charge on any atom is 0.226 e. The summed E-state index contributed by atoms with van der Waals surface area (Å²) in [6.45, 7) is 3.71. The van der Waals surface area contributed by atoms with Crippen LogP contribution in [0.2, 0.25) is 0 Å². The summed E-state index contributed by atoms with van der Waals surface area (Å²) in [5.74, 6) is 1.10. The number of likely N-dealkylation sites (tertiary alicyclic amines) is 1. The first-order valence-electron chi connectivity index (χ1n) is 11.1. The van der Waals surface area contributed by atoms with Crippen LogP contribution < -0.4 is 14.8 Å². The molecule has 1 aliphatic rings. The number of ether oxygens (including phenoxy) is 2. The predicted octanol–water partition coefficient (Wildman–Crippen LogP) is 3.52. The molecule has 0 radical (unpaired) electrons. The molecular weight excluding hydrogens is 411 g/mol. The lowest BCUT2D eigenvalue weighted by Gasteiger charge is -2.32. The van der Waals surface area contributed by atoms with E-state index in [-0.39, 0.29) is 30.1 Å². The van der Waals surface area contributed by atoms with E-state index in [0.717, 1.165) is 24.0 Å². The highest BCUT2D eigenvalue weighted by Gasteiger charge is 2.23. The number of methoxy groups -OCH3 is 1. The van der Waals surface area contributed by atoms with Gasteiger partial charge in [0.1, 0.15) is 5.82 Å². The predicted molar refractivity (Wildman–Crippen MR) is 120 cm³/mol. The number of amides is 2. The summed E-state index contributed by atoms with van der Waals surface area (Å²) in [6.07, 6.45) is 2.74. The zero-order valence-electron chi connectivity index (χ0n) is 18.7. The van der Waals surface area contributed by atoms with Crippen LogP contribution in [0.5, 0.6) is 11.5 Å². The second-order valence-corrected chi connectivity index (χ2v) is 7.94. The standard InChI is InChI=1S/C25H31FN2O4/c1-3-32-22-10-6-18(16-23(22)31-2)7-11-24(29)27-21-12-14-28(15-13-21)25(30)17-19-4-8-20(26)9-5-19/h4-6,8-10,16,21H,3,7,11-15,17H2,1-2H3,(H,27,29). The van der Waals surface area contributed by atoms with Crippen LogP contribution in [-0.4, -0.2) is 49.6 Å². The molecule has 1 aliphatic heterocycles. The van der Waals surface area contributed by atoms with Crippen molar-refractivity contribution in [3.05, 3.63) is 59.4 Å². The molecule has 0 aromatic heterocycles. The topological polar surface area (TPSA) is 67.9 Å². The van der Waals surface area contributed by atoms with Crippen molar-refractivity contribution in [2.75, 3.05) is 26.8 Å². The molecule has 2 aromatic carbocycles. The fraction of sp³-hybridized carbons (Fsp3) is 0.440. The molecule has 0 aliphatic carbocycles. The Morgan fingerprint density at radius 1 is 1.06 bits per heavy atom. The third-order valence-electron chi connectivity index (χ3n) is 5.65. The van der Waals surface area contributed by atoms with E-state index >= 15 is 0 Å². The molecule has 6 nitrogen and oxygen atoms in total. The average molecular weight is 443 g/mol. The van der Waals surface area contributed by atoms with Gasteiger partial charge in [0.15, 0.2) is 11.5 Å². The van der Waals surface area contributed by atoms with Crippen molar-refractivity contribution in [1.29, 1.82) is 0 Å². The summed E-state index contributed by atoms with van der Waals surface area (Å²) >= 11 is 0. The summed E-state index contributed by atoms with van der Waals surface area (Å²) in [4.78, 5) is 26.7. The van der Waals surface area contributed by atoms with Crippen LogP contribution in [0.4, 0.5) is 4.39 Å². The van der Waals surface area contributed by atoms with Gasteiger partial charge in [-0.05, 0) is 61.6 Å². The monoisotopic (exact) mass is 442 g/mol. The molecular formula is C25H31FN2O4. The van der Waals surface area contributed by atoms with Crippen molar-refractivity contribution in [2.24, 2.45) is 0 Å². The number of rotatable bonds is 9. The second-order valence-electron chi connectivity index (χ2n) is 7.94. The molecule has 0 bridgehead atoms. The Bertz CT molecular complexity index is 909.